The lowest BCUT2D eigenvalue weighted by Gasteiger charge is -2.36. The first-order valence-corrected chi connectivity index (χ1v) is 13.6. The van der Waals surface area contributed by atoms with Gasteiger partial charge < -0.3 is 24.4 Å². The number of aliphatic hydroxyl groups excluding tert-OH is 1. The number of hydrogen-bond donors (Lipinski definition) is 1. The van der Waals surface area contributed by atoms with Crippen LogP contribution in [0.3, 0.4) is 0 Å². The van der Waals surface area contributed by atoms with Gasteiger partial charge in [0.15, 0.2) is 5.69 Å². The van der Waals surface area contributed by atoms with Crippen molar-refractivity contribution in [3.05, 3.63) is 59.8 Å². The van der Waals surface area contributed by atoms with E-state index in [-0.39, 0.29) is 47.6 Å². The molecule has 0 spiro atoms. The Bertz CT molecular complexity index is 1690. The molecule has 2 fully saturated rings. The highest BCUT2D eigenvalue weighted by Crippen LogP contribution is 2.37. The van der Waals surface area contributed by atoms with Gasteiger partial charge in [-0.25, -0.2) is 9.97 Å². The fourth-order valence-electron chi connectivity index (χ4n) is 5.39. The van der Waals surface area contributed by atoms with E-state index in [4.69, 9.17) is 9.47 Å². The number of aromatic nitrogens is 5. The first kappa shape index (κ1) is 28.6. The summed E-state index contributed by atoms with van der Waals surface area (Å²) in [5.74, 6) is 0.0875. The van der Waals surface area contributed by atoms with Crippen molar-refractivity contribution in [2.24, 2.45) is 7.05 Å². The Hall–Kier alpha value is -4.50. The second kappa shape index (κ2) is 11.0. The van der Waals surface area contributed by atoms with Crippen LogP contribution in [0, 0.1) is 6.92 Å². The van der Waals surface area contributed by atoms with Gasteiger partial charge in [0, 0.05) is 63.8 Å². The van der Waals surface area contributed by atoms with Crippen LogP contribution in [0.5, 0.6) is 11.6 Å². The third-order valence-corrected chi connectivity index (χ3v) is 7.54. The largest absolute Gasteiger partial charge is 0.436 e. The number of ether oxygens (including phenoxy) is 2. The molecule has 2 aliphatic rings. The highest BCUT2D eigenvalue weighted by Gasteiger charge is 2.38. The zero-order valence-electron chi connectivity index (χ0n) is 23.3. The average molecular weight is 600 g/mol. The number of aryl methyl sites for hydroxylation is 2. The summed E-state index contributed by atoms with van der Waals surface area (Å²) in [5.41, 5.74) is 0.347. The standard InChI is InChI=1S/C28H28F3N7O5/c1-16-11-18(3-4-19(16)26(40)36-7-9-37(10-8-36)27(41)22-12-17(39)15-42-22)43-25-24-33-13-21(38(24)6-5-32-25)20-14-35(2)34-23(20)28(29,30)31/h3-6,11,13-14,17,22,39H,7-10,12,15H2,1-2H3/t17-,22+/m0/s1. The van der Waals surface area contributed by atoms with E-state index in [1.807, 2.05) is 0 Å². The number of nitrogens with zero attached hydrogens (tertiary/aromatic N) is 7. The molecule has 2 saturated heterocycles. The highest BCUT2D eigenvalue weighted by atomic mass is 19.4. The lowest BCUT2D eigenvalue weighted by molar-refractivity contribution is -0.142. The summed E-state index contributed by atoms with van der Waals surface area (Å²) in [6.07, 6.45) is -0.181. The molecule has 1 aromatic carbocycles. The molecular weight excluding hydrogens is 571 g/mol. The van der Waals surface area contributed by atoms with Crippen molar-refractivity contribution in [3.8, 4) is 22.9 Å². The number of alkyl halides is 3. The number of hydrogen-bond acceptors (Lipinski definition) is 8. The first-order chi connectivity index (χ1) is 20.5. The molecule has 12 nitrogen and oxygen atoms in total. The van der Waals surface area contributed by atoms with Crippen LogP contribution in [0.2, 0.25) is 0 Å². The number of carbonyl (C=O) groups excluding carboxylic acids is 2. The summed E-state index contributed by atoms with van der Waals surface area (Å²) in [6, 6.07) is 4.93. The van der Waals surface area contributed by atoms with Gasteiger partial charge in [0.1, 0.15) is 11.9 Å². The number of rotatable bonds is 5. The number of benzene rings is 1. The maximum atomic E-state index is 13.6. The van der Waals surface area contributed by atoms with Crippen LogP contribution in [0.4, 0.5) is 13.2 Å². The molecule has 0 saturated carbocycles. The molecule has 3 aromatic heterocycles. The molecule has 0 bridgehead atoms. The van der Waals surface area contributed by atoms with Gasteiger partial charge in [0.2, 0.25) is 5.65 Å². The normalized spacial score (nSPS) is 19.3. The minimum atomic E-state index is -4.65. The van der Waals surface area contributed by atoms with Crippen LogP contribution in [0.25, 0.3) is 16.9 Å². The summed E-state index contributed by atoms with van der Waals surface area (Å²) < 4.78 is 54.6. The Morgan fingerprint density at radius 3 is 2.53 bits per heavy atom. The first-order valence-electron chi connectivity index (χ1n) is 13.6. The predicted molar refractivity (Wildman–Crippen MR) is 144 cm³/mol. The van der Waals surface area contributed by atoms with Crippen molar-refractivity contribution in [2.75, 3.05) is 32.8 Å². The number of fused-ring (bicyclic) bond motifs is 1. The Morgan fingerprint density at radius 1 is 1.12 bits per heavy atom. The van der Waals surface area contributed by atoms with Crippen LogP contribution in [0.15, 0.2) is 43.0 Å². The van der Waals surface area contributed by atoms with E-state index in [9.17, 15) is 27.9 Å². The van der Waals surface area contributed by atoms with E-state index in [1.165, 1.54) is 36.2 Å². The summed E-state index contributed by atoms with van der Waals surface area (Å²) in [6.45, 7) is 3.37. The van der Waals surface area contributed by atoms with Gasteiger partial charge in [0.25, 0.3) is 17.7 Å². The van der Waals surface area contributed by atoms with Crippen molar-refractivity contribution in [3.63, 3.8) is 0 Å². The van der Waals surface area contributed by atoms with Crippen molar-refractivity contribution in [2.45, 2.75) is 31.7 Å². The third kappa shape index (κ3) is 5.52. The van der Waals surface area contributed by atoms with E-state index in [0.717, 1.165) is 4.68 Å². The maximum absolute atomic E-state index is 13.6. The molecule has 0 aliphatic carbocycles. The topological polar surface area (TPSA) is 127 Å². The highest BCUT2D eigenvalue weighted by molar-refractivity contribution is 5.96. The minimum absolute atomic E-state index is 0.0734. The second-order valence-electron chi connectivity index (χ2n) is 10.5. The average Bonchev–Trinajstić information content (AvgIpc) is 3.71. The summed E-state index contributed by atoms with van der Waals surface area (Å²) in [7, 11) is 1.41. The number of halogens is 3. The predicted octanol–water partition coefficient (Wildman–Crippen LogP) is 2.68. The molecule has 0 unspecified atom stereocenters. The lowest BCUT2D eigenvalue weighted by atomic mass is 10.1. The van der Waals surface area contributed by atoms with E-state index < -0.39 is 24.1 Å². The van der Waals surface area contributed by atoms with Gasteiger partial charge in [-0.05, 0) is 30.7 Å². The number of piperazine rings is 1. The SMILES string of the molecule is Cc1cc(Oc2nccn3c(-c4cn(C)nc4C(F)(F)F)cnc23)ccc1C(=O)N1CCN(C(=O)[C@H]2C[C@H](O)CO2)CC1. The molecule has 2 aliphatic heterocycles. The Morgan fingerprint density at radius 2 is 1.86 bits per heavy atom. The van der Waals surface area contributed by atoms with E-state index in [0.29, 0.717) is 43.1 Å². The van der Waals surface area contributed by atoms with Crippen molar-refractivity contribution >= 4 is 17.5 Å². The van der Waals surface area contributed by atoms with E-state index >= 15 is 0 Å². The van der Waals surface area contributed by atoms with Crippen LogP contribution < -0.4 is 4.74 Å². The quantitative estimate of drug-likeness (QED) is 0.371. The minimum Gasteiger partial charge on any atom is -0.436 e. The van der Waals surface area contributed by atoms with E-state index in [1.54, 1.807) is 34.9 Å². The molecular formula is C28H28F3N7O5. The monoisotopic (exact) mass is 599 g/mol. The third-order valence-electron chi connectivity index (χ3n) is 7.54. The van der Waals surface area contributed by atoms with E-state index in [2.05, 4.69) is 15.1 Å². The number of imidazole rings is 1. The molecule has 1 N–H and O–H groups in total. The van der Waals surface area contributed by atoms with Gasteiger partial charge in [-0.1, -0.05) is 0 Å². The molecule has 4 aromatic rings. The summed E-state index contributed by atoms with van der Waals surface area (Å²) in [4.78, 5) is 37.8. The van der Waals surface area contributed by atoms with Gasteiger partial charge in [-0.15, -0.1) is 0 Å². The molecule has 226 valence electrons. The molecule has 2 atom stereocenters. The summed E-state index contributed by atoms with van der Waals surface area (Å²) in [5, 5.41) is 13.2. The lowest BCUT2D eigenvalue weighted by Crippen LogP contribution is -2.53. The smallest absolute Gasteiger partial charge is 0.435 e. The zero-order valence-corrected chi connectivity index (χ0v) is 23.3. The van der Waals surface area contributed by atoms with Crippen molar-refractivity contribution in [1.29, 1.82) is 0 Å². The molecule has 15 heteroatoms. The van der Waals surface area contributed by atoms with Gasteiger partial charge in [-0.2, -0.15) is 18.3 Å². The fraction of sp³-hybridized carbons (Fsp3) is 0.393. The van der Waals surface area contributed by atoms with Crippen LogP contribution in [-0.4, -0.2) is 95.9 Å². The summed E-state index contributed by atoms with van der Waals surface area (Å²) >= 11 is 0. The number of amides is 2. The molecule has 0 radical (unpaired) electrons. The zero-order chi connectivity index (χ0) is 30.5. The molecule has 5 heterocycles. The second-order valence-corrected chi connectivity index (χ2v) is 10.5. The fourth-order valence-corrected chi connectivity index (χ4v) is 5.39. The Labute approximate surface area is 243 Å². The van der Waals surface area contributed by atoms with Crippen LogP contribution in [0.1, 0.15) is 28.0 Å². The van der Waals surface area contributed by atoms with Crippen molar-refractivity contribution < 1.29 is 37.3 Å². The Kier molecular flexibility index (Phi) is 7.30. The Balaban J connectivity index is 1.16. The maximum Gasteiger partial charge on any atom is 0.435 e. The van der Waals surface area contributed by atoms with Gasteiger partial charge in [-0.3, -0.25) is 18.7 Å². The van der Waals surface area contributed by atoms with Gasteiger partial charge in [0.05, 0.1) is 30.2 Å². The molecule has 6 rings (SSSR count). The number of aliphatic hydroxyl groups is 1. The van der Waals surface area contributed by atoms with Crippen LogP contribution >= 0.6 is 0 Å². The van der Waals surface area contributed by atoms with Gasteiger partial charge >= 0.3 is 6.18 Å². The van der Waals surface area contributed by atoms with Crippen molar-refractivity contribution in [1.82, 2.24) is 33.9 Å². The number of carbonyl (C=O) groups is 2. The van der Waals surface area contributed by atoms with Crippen LogP contribution in [-0.2, 0) is 22.8 Å². The molecule has 43 heavy (non-hydrogen) atoms. The molecule has 2 amide bonds.